The molecule has 5 aromatic carbocycles. The molecule has 4 fully saturated rings. The zero-order valence-electron chi connectivity index (χ0n) is 27.3. The molecular formula is C44H35N5. The Hall–Kier alpha value is -5.60. The molecule has 4 aliphatic carbocycles. The molecule has 4 saturated carbocycles. The minimum absolute atomic E-state index is 0.355. The Morgan fingerprint density at radius 1 is 0.551 bits per heavy atom. The van der Waals surface area contributed by atoms with Crippen molar-refractivity contribution in [1.29, 1.82) is 5.26 Å². The molecule has 0 saturated heterocycles. The van der Waals surface area contributed by atoms with Crippen molar-refractivity contribution in [3.8, 4) is 45.9 Å². The summed E-state index contributed by atoms with van der Waals surface area (Å²) in [5.41, 5.74) is 8.45. The molecule has 2 heterocycles. The predicted octanol–water partition coefficient (Wildman–Crippen LogP) is 10.3. The molecule has 2 aromatic heterocycles. The van der Waals surface area contributed by atoms with Crippen LogP contribution in [-0.4, -0.2) is 19.5 Å². The van der Waals surface area contributed by atoms with Crippen LogP contribution in [0, 0.1) is 29.1 Å². The van der Waals surface area contributed by atoms with Crippen LogP contribution < -0.4 is 0 Å². The summed E-state index contributed by atoms with van der Waals surface area (Å²) in [7, 11) is 0. The number of benzene rings is 5. The normalized spacial score (nSPS) is 22.5. The van der Waals surface area contributed by atoms with Gasteiger partial charge in [0.2, 0.25) is 0 Å². The average Bonchev–Trinajstić information content (AvgIpc) is 3.48. The lowest BCUT2D eigenvalue weighted by Crippen LogP contribution is -2.48. The minimum atomic E-state index is 0.355. The van der Waals surface area contributed by atoms with Crippen LogP contribution in [0.4, 0.5) is 0 Å². The first-order valence-electron chi connectivity index (χ1n) is 17.6. The third-order valence-corrected chi connectivity index (χ3v) is 11.6. The van der Waals surface area contributed by atoms with E-state index in [0.717, 1.165) is 61.9 Å². The number of nitriles is 1. The van der Waals surface area contributed by atoms with Gasteiger partial charge in [0, 0.05) is 33.2 Å². The maximum Gasteiger partial charge on any atom is 0.164 e. The molecule has 0 spiro atoms. The largest absolute Gasteiger partial charge is 0.309 e. The SMILES string of the molecule is N#Cc1ccc2c3ccccc3n(-c3cccc(-c4nc(-c5ccccc5)nc(-c5ccc(C67C[C@H]8C[C@@H](C6)C[C@@H](C7)C8)cc5)n4)c3)c2c1. The molecule has 5 nitrogen and oxygen atoms in total. The first-order chi connectivity index (χ1) is 24.1. The first kappa shape index (κ1) is 28.4. The Labute approximate surface area is 285 Å². The highest BCUT2D eigenvalue weighted by Gasteiger charge is 2.51. The summed E-state index contributed by atoms with van der Waals surface area (Å²) in [5.74, 6) is 4.72. The maximum absolute atomic E-state index is 9.72. The minimum Gasteiger partial charge on any atom is -0.309 e. The second kappa shape index (κ2) is 11.0. The summed E-state index contributed by atoms with van der Waals surface area (Å²) in [6, 6.07) is 44.4. The summed E-state index contributed by atoms with van der Waals surface area (Å²) in [5, 5.41) is 12.0. The smallest absolute Gasteiger partial charge is 0.164 e. The van der Waals surface area contributed by atoms with E-state index in [1.54, 1.807) is 0 Å². The van der Waals surface area contributed by atoms with E-state index in [1.165, 1.54) is 44.1 Å². The van der Waals surface area contributed by atoms with Gasteiger partial charge in [-0.05, 0) is 97.6 Å². The van der Waals surface area contributed by atoms with Gasteiger partial charge in [-0.2, -0.15) is 5.26 Å². The standard InChI is InChI=1S/C44H35N5/c45-27-28-13-18-38-37-11-4-5-12-39(37)49(40(38)22-28)36-10-6-9-34(23-36)43-47-41(32-7-2-1-3-8-32)46-42(48-43)33-14-16-35(17-15-33)44-24-29-19-30(25-44)21-31(20-29)26-44/h1-18,22-23,29-31H,19-21,24-26H2/t29-,30+,31-,44?. The van der Waals surface area contributed by atoms with Gasteiger partial charge in [-0.3, -0.25) is 0 Å². The molecule has 0 N–H and O–H groups in total. The van der Waals surface area contributed by atoms with Crippen LogP contribution in [0.2, 0.25) is 0 Å². The van der Waals surface area contributed by atoms with Gasteiger partial charge in [-0.25, -0.2) is 15.0 Å². The summed E-state index contributed by atoms with van der Waals surface area (Å²) in [6.07, 6.45) is 8.41. The van der Waals surface area contributed by atoms with Crippen molar-refractivity contribution in [3.63, 3.8) is 0 Å². The lowest BCUT2D eigenvalue weighted by Gasteiger charge is -2.57. The van der Waals surface area contributed by atoms with Crippen molar-refractivity contribution in [2.45, 2.75) is 43.9 Å². The number of aromatic nitrogens is 4. The van der Waals surface area contributed by atoms with Crippen LogP contribution in [0.5, 0.6) is 0 Å². The molecule has 0 unspecified atom stereocenters. The lowest BCUT2D eigenvalue weighted by molar-refractivity contribution is -0.00518. The Bertz CT molecular complexity index is 2400. The van der Waals surface area contributed by atoms with E-state index in [0.29, 0.717) is 28.5 Å². The summed E-state index contributed by atoms with van der Waals surface area (Å²) in [6.45, 7) is 0. The average molecular weight is 634 g/mol. The number of rotatable bonds is 5. The molecule has 49 heavy (non-hydrogen) atoms. The van der Waals surface area contributed by atoms with Gasteiger partial charge in [0.1, 0.15) is 0 Å². The third kappa shape index (κ3) is 4.70. The van der Waals surface area contributed by atoms with Crippen LogP contribution in [0.3, 0.4) is 0 Å². The molecule has 7 aromatic rings. The zero-order valence-corrected chi connectivity index (χ0v) is 27.3. The molecule has 0 amide bonds. The highest BCUT2D eigenvalue weighted by atomic mass is 15.0. The maximum atomic E-state index is 9.72. The van der Waals surface area contributed by atoms with Gasteiger partial charge < -0.3 is 4.57 Å². The number of para-hydroxylation sites is 1. The molecule has 236 valence electrons. The van der Waals surface area contributed by atoms with Crippen LogP contribution in [0.1, 0.15) is 49.7 Å². The van der Waals surface area contributed by atoms with Crippen molar-refractivity contribution in [2.75, 3.05) is 0 Å². The Morgan fingerprint density at radius 2 is 1.14 bits per heavy atom. The van der Waals surface area contributed by atoms with Crippen LogP contribution in [0.15, 0.2) is 121 Å². The predicted molar refractivity (Wildman–Crippen MR) is 195 cm³/mol. The van der Waals surface area contributed by atoms with E-state index in [-0.39, 0.29) is 0 Å². The molecule has 4 aliphatic rings. The Morgan fingerprint density at radius 3 is 1.84 bits per heavy atom. The number of hydrogen-bond donors (Lipinski definition) is 0. The van der Waals surface area contributed by atoms with E-state index >= 15 is 0 Å². The van der Waals surface area contributed by atoms with Crippen molar-refractivity contribution in [3.05, 3.63) is 132 Å². The van der Waals surface area contributed by atoms with Crippen molar-refractivity contribution >= 4 is 21.8 Å². The second-order valence-corrected chi connectivity index (χ2v) is 14.7. The lowest BCUT2D eigenvalue weighted by atomic mass is 9.48. The Kier molecular flexibility index (Phi) is 6.36. The fourth-order valence-corrected chi connectivity index (χ4v) is 9.89. The molecule has 11 rings (SSSR count). The summed E-state index contributed by atoms with van der Waals surface area (Å²) >= 11 is 0. The zero-order chi connectivity index (χ0) is 32.5. The van der Waals surface area contributed by atoms with Gasteiger partial charge in [-0.1, -0.05) is 91.0 Å². The number of nitrogens with zero attached hydrogens (tertiary/aromatic N) is 5. The van der Waals surface area contributed by atoms with Crippen LogP contribution in [0.25, 0.3) is 61.7 Å². The summed E-state index contributed by atoms with van der Waals surface area (Å²) in [4.78, 5) is 15.2. The van der Waals surface area contributed by atoms with E-state index in [1.807, 2.05) is 30.3 Å². The molecule has 0 aliphatic heterocycles. The van der Waals surface area contributed by atoms with Gasteiger partial charge in [0.05, 0.1) is 22.7 Å². The van der Waals surface area contributed by atoms with E-state index in [9.17, 15) is 5.26 Å². The van der Waals surface area contributed by atoms with Gasteiger partial charge in [0.15, 0.2) is 17.5 Å². The molecule has 5 heteroatoms. The molecule has 0 atom stereocenters. The van der Waals surface area contributed by atoms with E-state index in [4.69, 9.17) is 15.0 Å². The molecular weight excluding hydrogens is 599 g/mol. The van der Waals surface area contributed by atoms with E-state index in [2.05, 4.69) is 102 Å². The van der Waals surface area contributed by atoms with Crippen LogP contribution >= 0.6 is 0 Å². The van der Waals surface area contributed by atoms with Gasteiger partial charge in [0.25, 0.3) is 0 Å². The molecule has 0 radical (unpaired) electrons. The van der Waals surface area contributed by atoms with E-state index < -0.39 is 0 Å². The second-order valence-electron chi connectivity index (χ2n) is 14.7. The van der Waals surface area contributed by atoms with Crippen molar-refractivity contribution < 1.29 is 0 Å². The van der Waals surface area contributed by atoms with Crippen LogP contribution in [-0.2, 0) is 5.41 Å². The van der Waals surface area contributed by atoms with Gasteiger partial charge >= 0.3 is 0 Å². The highest BCUT2D eigenvalue weighted by Crippen LogP contribution is 2.60. The Balaban J connectivity index is 1.09. The number of fused-ring (bicyclic) bond motifs is 3. The van der Waals surface area contributed by atoms with Gasteiger partial charge in [-0.15, -0.1) is 0 Å². The fraction of sp³-hybridized carbons (Fsp3) is 0.227. The quantitative estimate of drug-likeness (QED) is 0.189. The summed E-state index contributed by atoms with van der Waals surface area (Å²) < 4.78 is 2.23. The number of hydrogen-bond acceptors (Lipinski definition) is 4. The topological polar surface area (TPSA) is 67.4 Å². The molecule has 4 bridgehead atoms. The third-order valence-electron chi connectivity index (χ3n) is 11.6. The fourth-order valence-electron chi connectivity index (χ4n) is 9.89. The first-order valence-corrected chi connectivity index (χ1v) is 17.6. The van der Waals surface area contributed by atoms with Crippen molar-refractivity contribution in [2.24, 2.45) is 17.8 Å². The van der Waals surface area contributed by atoms with Crippen molar-refractivity contribution in [1.82, 2.24) is 19.5 Å². The highest BCUT2D eigenvalue weighted by molar-refractivity contribution is 6.09. The monoisotopic (exact) mass is 633 g/mol.